The number of aliphatic hydroxyl groups is 1. The molecule has 0 saturated carbocycles. The first-order valence-electron chi connectivity index (χ1n) is 5.96. The Kier molecular flexibility index (Phi) is 5.50. The average molecular weight is 253 g/mol. The highest BCUT2D eigenvalue weighted by Crippen LogP contribution is 2.15. The van der Waals surface area contributed by atoms with Gasteiger partial charge < -0.3 is 10.4 Å². The molecule has 96 valence electrons. The van der Waals surface area contributed by atoms with Gasteiger partial charge >= 0.3 is 0 Å². The van der Waals surface area contributed by atoms with E-state index in [4.69, 9.17) is 0 Å². The van der Waals surface area contributed by atoms with Crippen LogP contribution in [0.5, 0.6) is 0 Å². The van der Waals surface area contributed by atoms with Crippen LogP contribution in [-0.2, 0) is 0 Å². The molecule has 0 fully saturated rings. The number of hydrogen-bond donors (Lipinski definition) is 2. The zero-order valence-corrected chi connectivity index (χ0v) is 12.0. The summed E-state index contributed by atoms with van der Waals surface area (Å²) in [4.78, 5) is 0. The molecule has 0 aromatic heterocycles. The van der Waals surface area contributed by atoms with Crippen LogP contribution in [0.2, 0.25) is 0 Å². The van der Waals surface area contributed by atoms with Gasteiger partial charge in [-0.3, -0.25) is 0 Å². The van der Waals surface area contributed by atoms with Gasteiger partial charge in [-0.25, -0.2) is 0 Å². The standard InChI is InChI=1S/C14H23NOS/c1-11-5-7-13(8-6-11)12(2)15-9-14(3,16)10-17-4/h5-8,12,15-16H,9-10H2,1-4H3. The second-order valence-electron chi connectivity index (χ2n) is 4.94. The molecular formula is C14H23NOS. The second kappa shape index (κ2) is 6.43. The van der Waals surface area contributed by atoms with Gasteiger partial charge in [0.2, 0.25) is 0 Å². The van der Waals surface area contributed by atoms with Gasteiger partial charge in [0.15, 0.2) is 0 Å². The molecule has 17 heavy (non-hydrogen) atoms. The van der Waals surface area contributed by atoms with E-state index in [-0.39, 0.29) is 6.04 Å². The zero-order valence-electron chi connectivity index (χ0n) is 11.2. The van der Waals surface area contributed by atoms with E-state index in [9.17, 15) is 5.11 Å². The molecule has 0 saturated heterocycles. The van der Waals surface area contributed by atoms with Crippen LogP contribution in [0.1, 0.15) is 31.0 Å². The molecule has 0 aliphatic heterocycles. The lowest BCUT2D eigenvalue weighted by Crippen LogP contribution is -2.40. The summed E-state index contributed by atoms with van der Waals surface area (Å²) in [5, 5.41) is 13.5. The molecule has 0 radical (unpaired) electrons. The quantitative estimate of drug-likeness (QED) is 0.817. The Balaban J connectivity index is 2.49. The molecule has 0 heterocycles. The fourth-order valence-corrected chi connectivity index (χ4v) is 2.43. The highest BCUT2D eigenvalue weighted by atomic mass is 32.2. The minimum absolute atomic E-state index is 0.268. The van der Waals surface area contributed by atoms with E-state index in [1.165, 1.54) is 11.1 Å². The van der Waals surface area contributed by atoms with Crippen molar-refractivity contribution in [3.8, 4) is 0 Å². The number of rotatable bonds is 6. The first-order valence-corrected chi connectivity index (χ1v) is 7.35. The summed E-state index contributed by atoms with van der Waals surface area (Å²) >= 11 is 1.67. The van der Waals surface area contributed by atoms with Crippen LogP contribution in [0, 0.1) is 6.92 Å². The molecule has 0 amide bonds. The topological polar surface area (TPSA) is 32.3 Å². The minimum atomic E-state index is -0.641. The highest BCUT2D eigenvalue weighted by molar-refractivity contribution is 7.98. The van der Waals surface area contributed by atoms with Gasteiger partial charge in [-0.15, -0.1) is 0 Å². The predicted octanol–water partition coefficient (Wildman–Crippen LogP) is 2.76. The molecule has 0 spiro atoms. The SMILES string of the molecule is CSCC(C)(O)CNC(C)c1ccc(C)cc1. The van der Waals surface area contributed by atoms with E-state index in [2.05, 4.69) is 43.4 Å². The predicted molar refractivity (Wildman–Crippen MR) is 76.6 cm³/mol. The van der Waals surface area contributed by atoms with E-state index >= 15 is 0 Å². The molecule has 1 aromatic rings. The van der Waals surface area contributed by atoms with Crippen LogP contribution in [-0.4, -0.2) is 29.3 Å². The van der Waals surface area contributed by atoms with Gasteiger partial charge in [0.1, 0.15) is 0 Å². The van der Waals surface area contributed by atoms with Gasteiger partial charge in [0, 0.05) is 18.3 Å². The van der Waals surface area contributed by atoms with Crippen LogP contribution in [0.25, 0.3) is 0 Å². The molecule has 2 unspecified atom stereocenters. The number of benzene rings is 1. The zero-order chi connectivity index (χ0) is 12.9. The molecule has 2 atom stereocenters. The summed E-state index contributed by atoms with van der Waals surface area (Å²) in [6.45, 7) is 6.70. The smallest absolute Gasteiger partial charge is 0.0833 e. The Morgan fingerprint density at radius 2 is 1.94 bits per heavy atom. The number of nitrogens with one attached hydrogen (secondary N) is 1. The van der Waals surface area contributed by atoms with Crippen molar-refractivity contribution in [2.45, 2.75) is 32.4 Å². The highest BCUT2D eigenvalue weighted by Gasteiger charge is 2.20. The molecule has 2 nitrogen and oxygen atoms in total. The van der Waals surface area contributed by atoms with Gasteiger partial charge in [-0.05, 0) is 32.6 Å². The van der Waals surface area contributed by atoms with Crippen molar-refractivity contribution in [1.82, 2.24) is 5.32 Å². The molecule has 0 aliphatic carbocycles. The van der Waals surface area contributed by atoms with E-state index < -0.39 is 5.60 Å². The molecule has 0 aliphatic rings. The Labute approximate surface area is 109 Å². The number of hydrogen-bond acceptors (Lipinski definition) is 3. The fraction of sp³-hybridized carbons (Fsp3) is 0.571. The van der Waals surface area contributed by atoms with Crippen molar-refractivity contribution in [2.24, 2.45) is 0 Å². The summed E-state index contributed by atoms with van der Waals surface area (Å²) in [5.41, 5.74) is 1.89. The number of thioether (sulfide) groups is 1. The Bertz CT molecular complexity index is 335. The lowest BCUT2D eigenvalue weighted by atomic mass is 10.0. The maximum Gasteiger partial charge on any atom is 0.0833 e. The van der Waals surface area contributed by atoms with Crippen LogP contribution in [0.3, 0.4) is 0 Å². The number of aryl methyl sites for hydroxylation is 1. The van der Waals surface area contributed by atoms with Crippen LogP contribution in [0.15, 0.2) is 24.3 Å². The average Bonchev–Trinajstić information content (AvgIpc) is 2.27. The summed E-state index contributed by atoms with van der Waals surface area (Å²) < 4.78 is 0. The molecule has 1 rings (SSSR count). The fourth-order valence-electron chi connectivity index (χ4n) is 1.71. The van der Waals surface area contributed by atoms with Crippen molar-refractivity contribution >= 4 is 11.8 Å². The van der Waals surface area contributed by atoms with E-state index in [0.29, 0.717) is 6.54 Å². The van der Waals surface area contributed by atoms with E-state index in [0.717, 1.165) is 5.75 Å². The van der Waals surface area contributed by atoms with Crippen molar-refractivity contribution in [2.75, 3.05) is 18.6 Å². The third kappa shape index (κ3) is 5.11. The van der Waals surface area contributed by atoms with Gasteiger partial charge in [-0.2, -0.15) is 11.8 Å². The third-order valence-electron chi connectivity index (χ3n) is 2.82. The van der Waals surface area contributed by atoms with Crippen LogP contribution >= 0.6 is 11.8 Å². The first kappa shape index (κ1) is 14.6. The van der Waals surface area contributed by atoms with E-state index in [1.54, 1.807) is 11.8 Å². The molecular weight excluding hydrogens is 230 g/mol. The Hall–Kier alpha value is -0.510. The summed E-state index contributed by atoms with van der Waals surface area (Å²) in [6, 6.07) is 8.78. The van der Waals surface area contributed by atoms with Gasteiger partial charge in [-0.1, -0.05) is 29.8 Å². The molecule has 1 aromatic carbocycles. The van der Waals surface area contributed by atoms with Crippen molar-refractivity contribution in [3.05, 3.63) is 35.4 Å². The third-order valence-corrected chi connectivity index (χ3v) is 3.73. The summed E-state index contributed by atoms with van der Waals surface area (Å²) in [6.07, 6.45) is 2.01. The normalized spacial score (nSPS) is 16.5. The summed E-state index contributed by atoms with van der Waals surface area (Å²) in [5.74, 6) is 0.751. The molecule has 3 heteroatoms. The van der Waals surface area contributed by atoms with Gasteiger partial charge in [0.25, 0.3) is 0 Å². The Morgan fingerprint density at radius 1 is 1.35 bits per heavy atom. The first-order chi connectivity index (χ1) is 7.94. The molecule has 0 bridgehead atoms. The van der Waals surface area contributed by atoms with Crippen LogP contribution in [0.4, 0.5) is 0 Å². The maximum atomic E-state index is 10.1. The lowest BCUT2D eigenvalue weighted by molar-refractivity contribution is 0.0821. The summed E-state index contributed by atoms with van der Waals surface area (Å²) in [7, 11) is 0. The maximum absolute atomic E-state index is 10.1. The van der Waals surface area contributed by atoms with Crippen molar-refractivity contribution < 1.29 is 5.11 Å². The second-order valence-corrected chi connectivity index (χ2v) is 5.81. The van der Waals surface area contributed by atoms with Crippen molar-refractivity contribution in [3.63, 3.8) is 0 Å². The van der Waals surface area contributed by atoms with Crippen LogP contribution < -0.4 is 5.32 Å². The molecule has 2 N–H and O–H groups in total. The largest absolute Gasteiger partial charge is 0.388 e. The van der Waals surface area contributed by atoms with Crippen molar-refractivity contribution in [1.29, 1.82) is 0 Å². The Morgan fingerprint density at radius 3 is 2.47 bits per heavy atom. The van der Waals surface area contributed by atoms with Gasteiger partial charge in [0.05, 0.1) is 5.60 Å². The van der Waals surface area contributed by atoms with E-state index in [1.807, 2.05) is 13.2 Å². The minimum Gasteiger partial charge on any atom is -0.388 e. The monoisotopic (exact) mass is 253 g/mol. The lowest BCUT2D eigenvalue weighted by Gasteiger charge is -2.25.